The summed E-state index contributed by atoms with van der Waals surface area (Å²) < 4.78 is 5.31. The number of amides is 1. The second kappa shape index (κ2) is 6.59. The standard InChI is InChI=1S/C12H21NO4/c1-3-17-8(2)7-13-11(14)9-4-5-10(6-9)12(15)16/h8-10H,3-7H2,1-2H3,(H,13,14)(H,15,16)/t8?,9-,10+/m1/s1. The zero-order chi connectivity index (χ0) is 12.8. The molecule has 0 aromatic carbocycles. The molecule has 1 unspecified atom stereocenters. The van der Waals surface area contributed by atoms with Crippen molar-refractivity contribution in [2.45, 2.75) is 39.2 Å². The van der Waals surface area contributed by atoms with E-state index in [1.807, 2.05) is 13.8 Å². The third kappa shape index (κ3) is 4.34. The number of hydrogen-bond donors (Lipinski definition) is 2. The molecule has 1 fully saturated rings. The van der Waals surface area contributed by atoms with Crippen LogP contribution in [0.5, 0.6) is 0 Å². The van der Waals surface area contributed by atoms with Crippen molar-refractivity contribution in [1.29, 1.82) is 0 Å². The molecule has 0 heterocycles. The Kier molecular flexibility index (Phi) is 5.41. The van der Waals surface area contributed by atoms with Gasteiger partial charge in [0.2, 0.25) is 5.91 Å². The molecule has 3 atom stereocenters. The molecule has 5 nitrogen and oxygen atoms in total. The molecule has 1 saturated carbocycles. The minimum absolute atomic E-state index is 0.000578. The highest BCUT2D eigenvalue weighted by Crippen LogP contribution is 2.30. The zero-order valence-electron chi connectivity index (χ0n) is 10.4. The lowest BCUT2D eigenvalue weighted by Gasteiger charge is -2.15. The maximum atomic E-state index is 11.8. The molecule has 0 bridgehead atoms. The first kappa shape index (κ1) is 14.0. The lowest BCUT2D eigenvalue weighted by Crippen LogP contribution is -2.35. The van der Waals surface area contributed by atoms with E-state index in [0.29, 0.717) is 32.4 Å². The van der Waals surface area contributed by atoms with Gasteiger partial charge in [0.1, 0.15) is 0 Å². The SMILES string of the molecule is CCOC(C)CNC(=O)[C@@H]1CC[C@H](C(=O)O)C1. The molecule has 0 aromatic heterocycles. The van der Waals surface area contributed by atoms with Crippen molar-refractivity contribution in [3.8, 4) is 0 Å². The van der Waals surface area contributed by atoms with Crippen LogP contribution in [0.1, 0.15) is 33.1 Å². The summed E-state index contributed by atoms with van der Waals surface area (Å²) in [7, 11) is 0. The van der Waals surface area contributed by atoms with E-state index >= 15 is 0 Å². The average molecular weight is 243 g/mol. The lowest BCUT2D eigenvalue weighted by atomic mass is 10.0. The van der Waals surface area contributed by atoms with Crippen LogP contribution in [0.4, 0.5) is 0 Å². The average Bonchev–Trinajstić information content (AvgIpc) is 2.75. The van der Waals surface area contributed by atoms with Gasteiger partial charge < -0.3 is 15.2 Å². The summed E-state index contributed by atoms with van der Waals surface area (Å²) in [6.07, 6.45) is 1.74. The van der Waals surface area contributed by atoms with Crippen molar-refractivity contribution >= 4 is 11.9 Å². The third-order valence-electron chi connectivity index (χ3n) is 3.17. The number of carbonyl (C=O) groups excluding carboxylic acids is 1. The predicted molar refractivity (Wildman–Crippen MR) is 62.6 cm³/mol. The highest BCUT2D eigenvalue weighted by molar-refractivity contribution is 5.80. The summed E-state index contributed by atoms with van der Waals surface area (Å²) in [6.45, 7) is 4.92. The minimum Gasteiger partial charge on any atom is -0.481 e. The van der Waals surface area contributed by atoms with Crippen LogP contribution >= 0.6 is 0 Å². The van der Waals surface area contributed by atoms with E-state index in [2.05, 4.69) is 5.32 Å². The van der Waals surface area contributed by atoms with Gasteiger partial charge in [0, 0.05) is 19.1 Å². The summed E-state index contributed by atoms with van der Waals surface area (Å²) in [5.41, 5.74) is 0. The van der Waals surface area contributed by atoms with Gasteiger partial charge in [0.25, 0.3) is 0 Å². The van der Waals surface area contributed by atoms with E-state index in [1.165, 1.54) is 0 Å². The molecule has 0 saturated heterocycles. The molecule has 0 aliphatic heterocycles. The number of rotatable bonds is 6. The first-order valence-corrected chi connectivity index (χ1v) is 6.16. The maximum Gasteiger partial charge on any atom is 0.306 e. The van der Waals surface area contributed by atoms with Crippen LogP contribution in [0.2, 0.25) is 0 Å². The Hall–Kier alpha value is -1.10. The molecule has 17 heavy (non-hydrogen) atoms. The quantitative estimate of drug-likeness (QED) is 0.730. The minimum atomic E-state index is -0.789. The normalized spacial score (nSPS) is 25.5. The first-order chi connectivity index (χ1) is 8.04. The van der Waals surface area contributed by atoms with Gasteiger partial charge in [-0.15, -0.1) is 0 Å². The third-order valence-corrected chi connectivity index (χ3v) is 3.17. The number of ether oxygens (including phenoxy) is 1. The van der Waals surface area contributed by atoms with Crippen LogP contribution in [0.15, 0.2) is 0 Å². The second-order valence-corrected chi connectivity index (χ2v) is 4.56. The Bertz CT molecular complexity index is 280. The van der Waals surface area contributed by atoms with Crippen molar-refractivity contribution < 1.29 is 19.4 Å². The number of carbonyl (C=O) groups is 2. The van der Waals surface area contributed by atoms with E-state index in [0.717, 1.165) is 0 Å². The molecule has 0 radical (unpaired) electrons. The lowest BCUT2D eigenvalue weighted by molar-refractivity contribution is -0.141. The van der Waals surface area contributed by atoms with Gasteiger partial charge in [0.15, 0.2) is 0 Å². The van der Waals surface area contributed by atoms with E-state index in [4.69, 9.17) is 9.84 Å². The Morgan fingerprint density at radius 2 is 2.06 bits per heavy atom. The molecule has 5 heteroatoms. The molecule has 0 aromatic rings. The molecular formula is C12H21NO4. The highest BCUT2D eigenvalue weighted by Gasteiger charge is 2.33. The topological polar surface area (TPSA) is 75.6 Å². The highest BCUT2D eigenvalue weighted by atomic mass is 16.5. The van der Waals surface area contributed by atoms with Crippen LogP contribution in [0, 0.1) is 11.8 Å². The molecular weight excluding hydrogens is 222 g/mol. The molecule has 1 aliphatic carbocycles. The number of carboxylic acids is 1. The van der Waals surface area contributed by atoms with Crippen LogP contribution in [0.25, 0.3) is 0 Å². The van der Waals surface area contributed by atoms with Gasteiger partial charge in [-0.25, -0.2) is 0 Å². The van der Waals surface area contributed by atoms with Crippen molar-refractivity contribution in [2.75, 3.05) is 13.2 Å². The largest absolute Gasteiger partial charge is 0.481 e. The maximum absolute atomic E-state index is 11.8. The number of carboxylic acid groups (broad SMARTS) is 1. The van der Waals surface area contributed by atoms with Crippen molar-refractivity contribution in [1.82, 2.24) is 5.32 Å². The molecule has 0 spiro atoms. The van der Waals surface area contributed by atoms with Gasteiger partial charge in [-0.3, -0.25) is 9.59 Å². The van der Waals surface area contributed by atoms with Crippen LogP contribution in [0.3, 0.4) is 0 Å². The summed E-state index contributed by atoms with van der Waals surface area (Å²) in [5, 5.41) is 11.7. The fraction of sp³-hybridized carbons (Fsp3) is 0.833. The second-order valence-electron chi connectivity index (χ2n) is 4.56. The Balaban J connectivity index is 2.27. The molecule has 1 aliphatic rings. The first-order valence-electron chi connectivity index (χ1n) is 6.16. The molecule has 2 N–H and O–H groups in total. The van der Waals surface area contributed by atoms with Gasteiger partial charge in [-0.2, -0.15) is 0 Å². The Morgan fingerprint density at radius 1 is 1.41 bits per heavy atom. The molecule has 98 valence electrons. The monoisotopic (exact) mass is 243 g/mol. The van der Waals surface area contributed by atoms with Crippen LogP contribution in [-0.2, 0) is 14.3 Å². The summed E-state index contributed by atoms with van der Waals surface area (Å²) in [4.78, 5) is 22.5. The zero-order valence-corrected chi connectivity index (χ0v) is 10.4. The summed E-state index contributed by atoms with van der Waals surface area (Å²) in [5.74, 6) is -1.33. The Morgan fingerprint density at radius 3 is 2.59 bits per heavy atom. The van der Waals surface area contributed by atoms with Gasteiger partial charge in [-0.1, -0.05) is 0 Å². The van der Waals surface area contributed by atoms with E-state index in [-0.39, 0.29) is 23.8 Å². The van der Waals surface area contributed by atoms with E-state index < -0.39 is 5.97 Å². The van der Waals surface area contributed by atoms with Crippen molar-refractivity contribution in [3.05, 3.63) is 0 Å². The number of hydrogen-bond acceptors (Lipinski definition) is 3. The predicted octanol–water partition coefficient (Wildman–Crippen LogP) is 1.03. The van der Waals surface area contributed by atoms with Crippen molar-refractivity contribution in [2.24, 2.45) is 11.8 Å². The van der Waals surface area contributed by atoms with Gasteiger partial charge in [0.05, 0.1) is 12.0 Å². The number of nitrogens with one attached hydrogen (secondary N) is 1. The van der Waals surface area contributed by atoms with E-state index in [9.17, 15) is 9.59 Å². The Labute approximate surface area is 102 Å². The fourth-order valence-corrected chi connectivity index (χ4v) is 2.18. The smallest absolute Gasteiger partial charge is 0.306 e. The van der Waals surface area contributed by atoms with Crippen LogP contribution in [-0.4, -0.2) is 36.2 Å². The van der Waals surface area contributed by atoms with E-state index in [1.54, 1.807) is 0 Å². The van der Waals surface area contributed by atoms with Gasteiger partial charge >= 0.3 is 5.97 Å². The van der Waals surface area contributed by atoms with Crippen LogP contribution < -0.4 is 5.32 Å². The summed E-state index contributed by atoms with van der Waals surface area (Å²) in [6, 6.07) is 0. The molecule has 1 rings (SSSR count). The van der Waals surface area contributed by atoms with Crippen molar-refractivity contribution in [3.63, 3.8) is 0 Å². The van der Waals surface area contributed by atoms with Gasteiger partial charge in [-0.05, 0) is 33.1 Å². The summed E-state index contributed by atoms with van der Waals surface area (Å²) >= 11 is 0. The fourth-order valence-electron chi connectivity index (χ4n) is 2.18. The molecule has 1 amide bonds. The number of aliphatic carboxylic acids is 1.